The third-order valence-corrected chi connectivity index (χ3v) is 4.21. The molecule has 0 radical (unpaired) electrons. The van der Waals surface area contributed by atoms with Gasteiger partial charge in [0.05, 0.1) is 11.5 Å². The normalized spacial score (nSPS) is 10.8. The Morgan fingerprint density at radius 3 is 2.72 bits per heavy atom. The van der Waals surface area contributed by atoms with Crippen LogP contribution in [0.5, 0.6) is 0 Å². The summed E-state index contributed by atoms with van der Waals surface area (Å²) in [6.45, 7) is 1.68. The summed E-state index contributed by atoms with van der Waals surface area (Å²) in [7, 11) is 0. The summed E-state index contributed by atoms with van der Waals surface area (Å²) in [5.41, 5.74) is 0.696. The first-order chi connectivity index (χ1) is 15.4. The van der Waals surface area contributed by atoms with Gasteiger partial charge in [0.2, 0.25) is 0 Å². The summed E-state index contributed by atoms with van der Waals surface area (Å²) >= 11 is 0. The average Bonchev–Trinajstić information content (AvgIpc) is 2.76. The predicted octanol–water partition coefficient (Wildman–Crippen LogP) is 4.03. The van der Waals surface area contributed by atoms with Gasteiger partial charge in [0.25, 0.3) is 5.69 Å². The molecule has 1 aromatic heterocycles. The number of carbonyl (C=O) groups excluding carboxylic acids is 2. The van der Waals surface area contributed by atoms with Crippen molar-refractivity contribution in [2.45, 2.75) is 13.5 Å². The van der Waals surface area contributed by atoms with Gasteiger partial charge in [-0.05, 0) is 30.7 Å². The summed E-state index contributed by atoms with van der Waals surface area (Å²) < 4.78 is 15.2. The lowest BCUT2D eigenvalue weighted by atomic mass is 10.1. The molecule has 0 unspecified atom stereocenters. The Hall–Kier alpha value is -4.47. The van der Waals surface area contributed by atoms with Gasteiger partial charge < -0.3 is 13.9 Å². The second-order valence-corrected chi connectivity index (χ2v) is 6.44. The molecule has 0 bridgehead atoms. The van der Waals surface area contributed by atoms with Crippen LogP contribution in [-0.2, 0) is 20.9 Å². The van der Waals surface area contributed by atoms with Gasteiger partial charge in [-0.15, -0.1) is 0 Å². The molecule has 0 aliphatic carbocycles. The van der Waals surface area contributed by atoms with Gasteiger partial charge in [-0.1, -0.05) is 12.1 Å². The lowest BCUT2D eigenvalue weighted by molar-refractivity contribution is -0.384. The molecule has 164 valence electrons. The number of non-ortho nitro benzene ring substituents is 1. The second-order valence-electron chi connectivity index (χ2n) is 6.44. The van der Waals surface area contributed by atoms with Gasteiger partial charge in [-0.25, -0.2) is 14.4 Å². The highest BCUT2D eigenvalue weighted by atomic mass is 16.6. The van der Waals surface area contributed by atoms with E-state index in [1.165, 1.54) is 36.4 Å². The van der Waals surface area contributed by atoms with Gasteiger partial charge >= 0.3 is 17.7 Å². The van der Waals surface area contributed by atoms with Gasteiger partial charge in [0.1, 0.15) is 12.2 Å². The van der Waals surface area contributed by atoms with E-state index in [2.05, 4.69) is 5.32 Å². The van der Waals surface area contributed by atoms with E-state index < -0.39 is 22.6 Å². The van der Waals surface area contributed by atoms with E-state index in [1.54, 1.807) is 25.1 Å². The van der Waals surface area contributed by atoms with Gasteiger partial charge in [-0.3, -0.25) is 15.4 Å². The number of hydrogen-bond acceptors (Lipinski definition) is 8. The Kier molecular flexibility index (Phi) is 6.96. The number of rotatable bonds is 7. The molecule has 3 rings (SSSR count). The summed E-state index contributed by atoms with van der Waals surface area (Å²) in [6, 6.07) is 11.6. The number of benzene rings is 2. The summed E-state index contributed by atoms with van der Waals surface area (Å²) in [4.78, 5) is 45.8. The van der Waals surface area contributed by atoms with Crippen molar-refractivity contribution in [2.24, 2.45) is 0 Å². The quantitative estimate of drug-likeness (QED) is 0.192. The number of esters is 1. The Balaban J connectivity index is 1.72. The van der Waals surface area contributed by atoms with Crippen LogP contribution in [0.2, 0.25) is 0 Å². The first-order valence-corrected chi connectivity index (χ1v) is 9.45. The van der Waals surface area contributed by atoms with Crippen LogP contribution in [-0.4, -0.2) is 23.6 Å². The summed E-state index contributed by atoms with van der Waals surface area (Å²) in [5.74, 6) is -0.696. The van der Waals surface area contributed by atoms with Crippen LogP contribution in [0.3, 0.4) is 0 Å². The standard InChI is InChI=1S/C22H18N2O8/c1-2-30-22(27)23-16-7-8-18-15(11-21(26)32-19(18)12-16)13-31-20(25)9-6-14-4-3-5-17(10-14)24(28)29/h3-12H,2,13H2,1H3,(H,23,27)/b9-6+. The van der Waals surface area contributed by atoms with Crippen LogP contribution in [0, 0.1) is 10.1 Å². The number of ether oxygens (including phenoxy) is 2. The number of nitro groups is 1. The molecule has 0 aliphatic rings. The zero-order valence-electron chi connectivity index (χ0n) is 16.9. The number of anilines is 1. The third kappa shape index (κ3) is 5.79. The maximum atomic E-state index is 12.1. The highest BCUT2D eigenvalue weighted by Crippen LogP contribution is 2.22. The smallest absolute Gasteiger partial charge is 0.411 e. The molecule has 10 nitrogen and oxygen atoms in total. The van der Waals surface area contributed by atoms with Crippen molar-refractivity contribution < 1.29 is 28.4 Å². The molecule has 1 amide bonds. The fourth-order valence-electron chi connectivity index (χ4n) is 2.82. The van der Waals surface area contributed by atoms with Gasteiger partial charge in [0, 0.05) is 47.0 Å². The second kappa shape index (κ2) is 10.0. The van der Waals surface area contributed by atoms with Crippen LogP contribution in [0.1, 0.15) is 18.1 Å². The zero-order valence-corrected chi connectivity index (χ0v) is 16.9. The number of nitro benzene ring substituents is 1. The highest BCUT2D eigenvalue weighted by Gasteiger charge is 2.10. The number of nitrogens with one attached hydrogen (secondary N) is 1. The van der Waals surface area contributed by atoms with Crippen LogP contribution in [0.15, 0.2) is 63.8 Å². The molecule has 32 heavy (non-hydrogen) atoms. The fourth-order valence-corrected chi connectivity index (χ4v) is 2.82. The molecule has 0 saturated carbocycles. The molecule has 10 heteroatoms. The minimum atomic E-state index is -0.696. The van der Waals surface area contributed by atoms with Crippen molar-refractivity contribution in [3.05, 3.63) is 86.3 Å². The van der Waals surface area contributed by atoms with Crippen LogP contribution in [0.25, 0.3) is 17.0 Å². The SMILES string of the molecule is CCOC(=O)Nc1ccc2c(COC(=O)/C=C/c3cccc([N+](=O)[O-])c3)cc(=O)oc2c1. The Morgan fingerprint density at radius 2 is 1.97 bits per heavy atom. The number of fused-ring (bicyclic) bond motifs is 1. The average molecular weight is 438 g/mol. The van der Waals surface area contributed by atoms with Crippen molar-refractivity contribution in [3.8, 4) is 0 Å². The molecule has 1 N–H and O–H groups in total. The molecular formula is C22H18N2O8. The van der Waals surface area contributed by atoms with Gasteiger partial charge in [0.15, 0.2) is 0 Å². The fraction of sp³-hybridized carbons (Fsp3) is 0.136. The molecule has 0 aliphatic heterocycles. The largest absolute Gasteiger partial charge is 0.458 e. The van der Waals surface area contributed by atoms with E-state index in [-0.39, 0.29) is 24.5 Å². The third-order valence-electron chi connectivity index (χ3n) is 4.21. The number of nitrogens with zero attached hydrogens (tertiary/aromatic N) is 1. The maximum Gasteiger partial charge on any atom is 0.411 e. The van der Waals surface area contributed by atoms with E-state index in [4.69, 9.17) is 13.9 Å². The molecule has 3 aromatic rings. The molecule has 0 fully saturated rings. The lowest BCUT2D eigenvalue weighted by Crippen LogP contribution is -2.13. The summed E-state index contributed by atoms with van der Waals surface area (Å²) in [5, 5.41) is 13.8. The minimum absolute atomic E-state index is 0.0974. The molecule has 0 spiro atoms. The molecular weight excluding hydrogens is 420 g/mol. The van der Waals surface area contributed by atoms with Crippen molar-refractivity contribution in [1.29, 1.82) is 0 Å². The van der Waals surface area contributed by atoms with Crippen molar-refractivity contribution in [1.82, 2.24) is 0 Å². The lowest BCUT2D eigenvalue weighted by Gasteiger charge is -2.08. The number of carbonyl (C=O) groups is 2. The Bertz CT molecular complexity index is 1260. The van der Waals surface area contributed by atoms with Crippen molar-refractivity contribution in [3.63, 3.8) is 0 Å². The van der Waals surface area contributed by atoms with Crippen LogP contribution in [0.4, 0.5) is 16.2 Å². The Morgan fingerprint density at radius 1 is 1.16 bits per heavy atom. The maximum absolute atomic E-state index is 12.1. The van der Waals surface area contributed by atoms with E-state index in [0.29, 0.717) is 22.2 Å². The Labute approximate surface area is 181 Å². The summed E-state index contributed by atoms with van der Waals surface area (Å²) in [6.07, 6.45) is 1.88. The first kappa shape index (κ1) is 22.2. The minimum Gasteiger partial charge on any atom is -0.458 e. The van der Waals surface area contributed by atoms with Gasteiger partial charge in [-0.2, -0.15) is 0 Å². The first-order valence-electron chi connectivity index (χ1n) is 9.45. The van der Waals surface area contributed by atoms with E-state index in [1.807, 2.05) is 0 Å². The van der Waals surface area contributed by atoms with Crippen molar-refractivity contribution >= 4 is 40.5 Å². The predicted molar refractivity (Wildman–Crippen MR) is 115 cm³/mol. The zero-order chi connectivity index (χ0) is 23.1. The van der Waals surface area contributed by atoms with E-state index >= 15 is 0 Å². The molecule has 1 heterocycles. The topological polar surface area (TPSA) is 138 Å². The van der Waals surface area contributed by atoms with Crippen molar-refractivity contribution in [2.75, 3.05) is 11.9 Å². The molecule has 0 atom stereocenters. The number of amides is 1. The van der Waals surface area contributed by atoms with Crippen LogP contribution < -0.4 is 10.9 Å². The monoisotopic (exact) mass is 438 g/mol. The highest BCUT2D eigenvalue weighted by molar-refractivity contribution is 5.90. The van der Waals surface area contributed by atoms with E-state index in [9.17, 15) is 24.5 Å². The number of hydrogen-bond donors (Lipinski definition) is 1. The molecule has 2 aromatic carbocycles. The van der Waals surface area contributed by atoms with Crippen LogP contribution >= 0.6 is 0 Å². The molecule has 0 saturated heterocycles. The van der Waals surface area contributed by atoms with E-state index in [0.717, 1.165) is 6.08 Å².